The van der Waals surface area contributed by atoms with Crippen LogP contribution >= 0.6 is 11.6 Å². The lowest BCUT2D eigenvalue weighted by Crippen LogP contribution is -2.31. The highest BCUT2D eigenvalue weighted by molar-refractivity contribution is 6.31. The van der Waals surface area contributed by atoms with E-state index in [4.69, 9.17) is 22.5 Å². The first-order valence-corrected chi connectivity index (χ1v) is 6.68. The van der Waals surface area contributed by atoms with Crippen LogP contribution in [0.4, 0.5) is 0 Å². The molecule has 0 unspecified atom stereocenters. The molecule has 3 N–H and O–H groups in total. The highest BCUT2D eigenvalue weighted by atomic mass is 35.5. The second-order valence-electron chi connectivity index (χ2n) is 4.94. The van der Waals surface area contributed by atoms with Crippen molar-refractivity contribution in [3.63, 3.8) is 0 Å². The molecule has 106 valence electrons. The van der Waals surface area contributed by atoms with Crippen LogP contribution in [0.3, 0.4) is 0 Å². The van der Waals surface area contributed by atoms with Crippen molar-refractivity contribution in [3.8, 4) is 0 Å². The maximum Gasteiger partial charge on any atom is 0.140 e. The van der Waals surface area contributed by atoms with E-state index in [-0.39, 0.29) is 5.84 Å². The van der Waals surface area contributed by atoms with Crippen LogP contribution in [0.25, 0.3) is 0 Å². The number of hydrogen-bond acceptors (Lipinski definition) is 4. The van der Waals surface area contributed by atoms with Gasteiger partial charge >= 0.3 is 0 Å². The van der Waals surface area contributed by atoms with E-state index in [2.05, 4.69) is 28.9 Å². The number of pyridine rings is 1. The zero-order valence-corrected chi connectivity index (χ0v) is 12.1. The number of hydrogen-bond donors (Lipinski definition) is 2. The Balaban J connectivity index is 2.66. The van der Waals surface area contributed by atoms with Crippen LogP contribution in [-0.4, -0.2) is 34.0 Å². The van der Waals surface area contributed by atoms with Gasteiger partial charge in [-0.15, -0.1) is 0 Å². The van der Waals surface area contributed by atoms with Gasteiger partial charge in [0, 0.05) is 38.4 Å². The van der Waals surface area contributed by atoms with Crippen molar-refractivity contribution in [2.24, 2.45) is 16.8 Å². The normalized spacial score (nSPS) is 12.4. The minimum atomic E-state index is 0.245. The number of amidine groups is 1. The van der Waals surface area contributed by atoms with Gasteiger partial charge in [-0.05, 0) is 17.5 Å². The van der Waals surface area contributed by atoms with Gasteiger partial charge in [0.15, 0.2) is 0 Å². The van der Waals surface area contributed by atoms with Crippen LogP contribution in [0.5, 0.6) is 0 Å². The molecule has 1 aromatic heterocycles. The predicted molar refractivity (Wildman–Crippen MR) is 77.4 cm³/mol. The van der Waals surface area contributed by atoms with E-state index in [0.717, 1.165) is 25.2 Å². The van der Waals surface area contributed by atoms with Crippen molar-refractivity contribution in [1.29, 1.82) is 0 Å². The molecule has 5 nitrogen and oxygen atoms in total. The summed E-state index contributed by atoms with van der Waals surface area (Å²) in [4.78, 5) is 6.22. The van der Waals surface area contributed by atoms with Crippen LogP contribution in [-0.2, 0) is 6.54 Å². The fraction of sp³-hybridized carbons (Fsp3) is 0.538. The summed E-state index contributed by atoms with van der Waals surface area (Å²) in [7, 11) is 0. The van der Waals surface area contributed by atoms with Gasteiger partial charge in [0.1, 0.15) is 5.84 Å². The molecule has 0 aliphatic rings. The van der Waals surface area contributed by atoms with Crippen molar-refractivity contribution in [2.75, 3.05) is 13.1 Å². The lowest BCUT2D eigenvalue weighted by molar-refractivity contribution is 0.241. The molecule has 1 aromatic rings. The van der Waals surface area contributed by atoms with Crippen LogP contribution in [0.2, 0.25) is 5.02 Å². The Morgan fingerprint density at radius 3 is 2.89 bits per heavy atom. The van der Waals surface area contributed by atoms with E-state index in [1.54, 1.807) is 12.4 Å². The van der Waals surface area contributed by atoms with E-state index >= 15 is 0 Å². The minimum absolute atomic E-state index is 0.245. The summed E-state index contributed by atoms with van der Waals surface area (Å²) in [6.45, 7) is 6.71. The smallest absolute Gasteiger partial charge is 0.140 e. The first-order chi connectivity index (χ1) is 9.02. The molecule has 6 heteroatoms. The van der Waals surface area contributed by atoms with Crippen molar-refractivity contribution in [1.82, 2.24) is 9.88 Å². The number of halogens is 1. The maximum atomic E-state index is 8.58. The molecule has 19 heavy (non-hydrogen) atoms. The largest absolute Gasteiger partial charge is 0.409 e. The molecule has 0 bridgehead atoms. The van der Waals surface area contributed by atoms with Crippen molar-refractivity contribution < 1.29 is 5.21 Å². The Labute approximate surface area is 119 Å². The fourth-order valence-corrected chi connectivity index (χ4v) is 2.03. The van der Waals surface area contributed by atoms with Crippen LogP contribution in [0, 0.1) is 5.92 Å². The first-order valence-electron chi connectivity index (χ1n) is 6.30. The summed E-state index contributed by atoms with van der Waals surface area (Å²) in [6, 6.07) is 1.92. The molecular formula is C13H21ClN4O. The molecule has 0 saturated heterocycles. The molecule has 0 aliphatic carbocycles. The summed E-state index contributed by atoms with van der Waals surface area (Å²) < 4.78 is 0. The Kier molecular flexibility index (Phi) is 6.59. The third-order valence-corrected chi connectivity index (χ3v) is 3.03. The highest BCUT2D eigenvalue weighted by Crippen LogP contribution is 2.16. The average Bonchev–Trinajstić information content (AvgIpc) is 2.37. The van der Waals surface area contributed by atoms with Gasteiger partial charge in [-0.1, -0.05) is 30.6 Å². The second-order valence-corrected chi connectivity index (χ2v) is 5.34. The monoisotopic (exact) mass is 284 g/mol. The summed E-state index contributed by atoms with van der Waals surface area (Å²) in [5.41, 5.74) is 6.55. The highest BCUT2D eigenvalue weighted by Gasteiger charge is 2.11. The number of nitrogens with zero attached hydrogens (tertiary/aromatic N) is 3. The molecular weight excluding hydrogens is 264 g/mol. The Morgan fingerprint density at radius 1 is 1.58 bits per heavy atom. The number of rotatable bonds is 7. The topological polar surface area (TPSA) is 74.7 Å². The molecule has 1 rings (SSSR count). The molecule has 0 amide bonds. The summed E-state index contributed by atoms with van der Waals surface area (Å²) in [5.74, 6) is 0.780. The molecule has 1 heterocycles. The number of aromatic nitrogens is 1. The Morgan fingerprint density at radius 2 is 2.32 bits per heavy atom. The van der Waals surface area contributed by atoms with E-state index in [1.807, 2.05) is 6.07 Å². The van der Waals surface area contributed by atoms with Crippen molar-refractivity contribution in [2.45, 2.75) is 26.8 Å². The van der Waals surface area contributed by atoms with Gasteiger partial charge < -0.3 is 10.9 Å². The molecule has 0 atom stereocenters. The van der Waals surface area contributed by atoms with Gasteiger partial charge in [0.25, 0.3) is 0 Å². The standard InChI is InChI=1S/C13H21ClN4O/c1-10(2)8-18(6-4-13(15)17-19)9-11-3-5-16-7-12(11)14/h3,5,7,10,19H,4,6,8-9H2,1-2H3,(H2,15,17). The third-order valence-electron chi connectivity index (χ3n) is 2.69. The van der Waals surface area contributed by atoms with Crippen LogP contribution < -0.4 is 5.73 Å². The van der Waals surface area contributed by atoms with Crippen molar-refractivity contribution in [3.05, 3.63) is 29.0 Å². The number of nitrogens with two attached hydrogens (primary N) is 1. The summed E-state index contributed by atoms with van der Waals surface area (Å²) in [5, 5.41) is 12.2. The molecule has 0 saturated carbocycles. The Bertz CT molecular complexity index is 423. The van der Waals surface area contributed by atoms with E-state index in [1.165, 1.54) is 0 Å². The SMILES string of the molecule is CC(C)CN(CCC(N)=NO)Cc1ccncc1Cl. The van der Waals surface area contributed by atoms with Gasteiger partial charge in [-0.3, -0.25) is 9.88 Å². The quantitative estimate of drug-likeness (QED) is 0.349. The molecule has 0 fully saturated rings. The zero-order chi connectivity index (χ0) is 14.3. The predicted octanol–water partition coefficient (Wildman–Crippen LogP) is 2.33. The van der Waals surface area contributed by atoms with Crippen LogP contribution in [0.1, 0.15) is 25.8 Å². The van der Waals surface area contributed by atoms with E-state index in [0.29, 0.717) is 17.4 Å². The lowest BCUT2D eigenvalue weighted by atomic mass is 10.1. The molecule has 0 aromatic carbocycles. The minimum Gasteiger partial charge on any atom is -0.409 e. The molecule has 0 radical (unpaired) electrons. The average molecular weight is 285 g/mol. The summed E-state index contributed by atoms with van der Waals surface area (Å²) >= 11 is 6.12. The van der Waals surface area contributed by atoms with Gasteiger partial charge in [0.05, 0.1) is 5.02 Å². The fourth-order valence-electron chi connectivity index (χ4n) is 1.85. The zero-order valence-electron chi connectivity index (χ0n) is 11.4. The van der Waals surface area contributed by atoms with E-state index < -0.39 is 0 Å². The Hall–Kier alpha value is -1.33. The molecule has 0 aliphatic heterocycles. The maximum absolute atomic E-state index is 8.58. The van der Waals surface area contributed by atoms with Gasteiger partial charge in [-0.2, -0.15) is 0 Å². The van der Waals surface area contributed by atoms with Gasteiger partial charge in [0.2, 0.25) is 0 Å². The van der Waals surface area contributed by atoms with Crippen LogP contribution in [0.15, 0.2) is 23.6 Å². The van der Waals surface area contributed by atoms with Crippen molar-refractivity contribution >= 4 is 17.4 Å². The van der Waals surface area contributed by atoms with E-state index in [9.17, 15) is 0 Å². The van der Waals surface area contributed by atoms with Gasteiger partial charge in [-0.25, -0.2) is 0 Å². The number of oxime groups is 1. The summed E-state index contributed by atoms with van der Waals surface area (Å²) in [6.07, 6.45) is 3.91. The first kappa shape index (κ1) is 15.7. The lowest BCUT2D eigenvalue weighted by Gasteiger charge is -2.24. The second kappa shape index (κ2) is 7.96. The third kappa shape index (κ3) is 5.89. The molecule has 0 spiro atoms.